The lowest BCUT2D eigenvalue weighted by atomic mass is 9.93. The molecular weight excluding hydrogens is 446 g/mol. The van der Waals surface area contributed by atoms with Crippen LogP contribution in [0.2, 0.25) is 0 Å². The molecule has 2 aliphatic rings. The number of carbonyl (C=O) groups is 1. The Morgan fingerprint density at radius 2 is 1.88 bits per heavy atom. The molecule has 0 N–H and O–H groups in total. The second kappa shape index (κ2) is 9.55. The standard InChI is InChI=1S/C23H31N3O4S2/c1-16(2)25-22(28)19-10-6-7-11-20(19)24-23(25)31-14-21(27)26(17-8-4-3-5-9-17)18-12-13-32(29,30)15-18/h6-7,10-11,16-18H,3-5,8-9,12-15H2,1-2H3. The molecule has 7 nitrogen and oxygen atoms in total. The Kier molecular flexibility index (Phi) is 6.95. The Morgan fingerprint density at radius 1 is 1.16 bits per heavy atom. The molecule has 1 aliphatic heterocycles. The quantitative estimate of drug-likeness (QED) is 0.468. The van der Waals surface area contributed by atoms with Gasteiger partial charge in [0.1, 0.15) is 0 Å². The zero-order chi connectivity index (χ0) is 22.9. The van der Waals surface area contributed by atoms with Gasteiger partial charge >= 0.3 is 0 Å². The summed E-state index contributed by atoms with van der Waals surface area (Å²) in [4.78, 5) is 33.0. The van der Waals surface area contributed by atoms with E-state index in [-0.39, 0.29) is 46.9 Å². The maximum Gasteiger partial charge on any atom is 0.262 e. The average Bonchev–Trinajstić information content (AvgIpc) is 3.12. The summed E-state index contributed by atoms with van der Waals surface area (Å²) in [7, 11) is -3.09. The van der Waals surface area contributed by atoms with Crippen LogP contribution in [0, 0.1) is 0 Å². The van der Waals surface area contributed by atoms with Gasteiger partial charge in [0.25, 0.3) is 5.56 Å². The van der Waals surface area contributed by atoms with E-state index in [1.54, 1.807) is 10.6 Å². The molecule has 1 saturated carbocycles. The highest BCUT2D eigenvalue weighted by atomic mass is 32.2. The van der Waals surface area contributed by atoms with Crippen molar-refractivity contribution >= 4 is 38.4 Å². The van der Waals surface area contributed by atoms with E-state index < -0.39 is 9.84 Å². The van der Waals surface area contributed by atoms with Crippen LogP contribution >= 0.6 is 11.8 Å². The van der Waals surface area contributed by atoms with E-state index >= 15 is 0 Å². The van der Waals surface area contributed by atoms with Crippen molar-refractivity contribution in [1.82, 2.24) is 14.5 Å². The lowest BCUT2D eigenvalue weighted by molar-refractivity contribution is -0.133. The summed E-state index contributed by atoms with van der Waals surface area (Å²) >= 11 is 1.27. The number of para-hydroxylation sites is 1. The van der Waals surface area contributed by atoms with Crippen LogP contribution in [0.1, 0.15) is 58.4 Å². The number of amides is 1. The van der Waals surface area contributed by atoms with E-state index in [9.17, 15) is 18.0 Å². The first-order valence-corrected chi connectivity index (χ1v) is 14.2. The number of fused-ring (bicyclic) bond motifs is 1. The first-order chi connectivity index (χ1) is 15.3. The molecule has 1 aromatic heterocycles. The fraction of sp³-hybridized carbons (Fsp3) is 0.609. The molecule has 2 fully saturated rings. The topological polar surface area (TPSA) is 89.3 Å². The van der Waals surface area contributed by atoms with Crippen molar-refractivity contribution in [1.29, 1.82) is 0 Å². The largest absolute Gasteiger partial charge is 0.335 e. The van der Waals surface area contributed by atoms with Gasteiger partial charge in [0.05, 0.1) is 28.2 Å². The van der Waals surface area contributed by atoms with Gasteiger partial charge < -0.3 is 4.90 Å². The molecule has 4 rings (SSSR count). The van der Waals surface area contributed by atoms with Gasteiger partial charge in [0.15, 0.2) is 15.0 Å². The Hall–Kier alpha value is -1.87. The highest BCUT2D eigenvalue weighted by Gasteiger charge is 2.38. The summed E-state index contributed by atoms with van der Waals surface area (Å²) in [5.74, 6) is 0.303. The van der Waals surface area contributed by atoms with Gasteiger partial charge in [-0.15, -0.1) is 0 Å². The van der Waals surface area contributed by atoms with Gasteiger partial charge in [-0.1, -0.05) is 43.2 Å². The number of nitrogens with zero attached hydrogens (tertiary/aromatic N) is 3. The fourth-order valence-electron chi connectivity index (χ4n) is 4.94. The van der Waals surface area contributed by atoms with Crippen LogP contribution in [-0.4, -0.2) is 58.1 Å². The summed E-state index contributed by atoms with van der Waals surface area (Å²) < 4.78 is 25.9. The summed E-state index contributed by atoms with van der Waals surface area (Å²) in [6.07, 6.45) is 5.67. The van der Waals surface area contributed by atoms with Gasteiger partial charge in [0, 0.05) is 18.1 Å². The van der Waals surface area contributed by atoms with Crippen molar-refractivity contribution in [2.24, 2.45) is 0 Å². The maximum atomic E-state index is 13.4. The van der Waals surface area contributed by atoms with E-state index in [1.165, 1.54) is 11.8 Å². The van der Waals surface area contributed by atoms with Crippen molar-refractivity contribution < 1.29 is 13.2 Å². The van der Waals surface area contributed by atoms with Crippen molar-refractivity contribution in [3.05, 3.63) is 34.6 Å². The molecule has 1 aliphatic carbocycles. The fourth-order valence-corrected chi connectivity index (χ4v) is 7.65. The number of sulfone groups is 1. The molecular formula is C23H31N3O4S2. The predicted molar refractivity (Wildman–Crippen MR) is 128 cm³/mol. The molecule has 1 amide bonds. The van der Waals surface area contributed by atoms with Gasteiger partial charge in [-0.2, -0.15) is 0 Å². The highest BCUT2D eigenvalue weighted by molar-refractivity contribution is 7.99. The lowest BCUT2D eigenvalue weighted by Gasteiger charge is -2.38. The number of hydrogen-bond acceptors (Lipinski definition) is 6. The predicted octanol–water partition coefficient (Wildman–Crippen LogP) is 3.42. The molecule has 32 heavy (non-hydrogen) atoms. The van der Waals surface area contributed by atoms with E-state index in [4.69, 9.17) is 0 Å². The van der Waals surface area contributed by atoms with Crippen molar-refractivity contribution in [3.8, 4) is 0 Å². The third-order valence-electron chi connectivity index (χ3n) is 6.47. The molecule has 1 atom stereocenters. The van der Waals surface area contributed by atoms with Crippen LogP contribution in [0.5, 0.6) is 0 Å². The number of aromatic nitrogens is 2. The third kappa shape index (κ3) is 4.88. The van der Waals surface area contributed by atoms with Crippen LogP contribution in [0.3, 0.4) is 0 Å². The van der Waals surface area contributed by atoms with Gasteiger partial charge in [-0.3, -0.25) is 14.2 Å². The normalized spacial score (nSPS) is 21.3. The monoisotopic (exact) mass is 477 g/mol. The minimum Gasteiger partial charge on any atom is -0.335 e. The second-order valence-electron chi connectivity index (χ2n) is 9.12. The number of thioether (sulfide) groups is 1. The second-order valence-corrected chi connectivity index (χ2v) is 12.3. The Morgan fingerprint density at radius 3 is 2.53 bits per heavy atom. The molecule has 1 saturated heterocycles. The highest BCUT2D eigenvalue weighted by Crippen LogP contribution is 2.30. The number of benzene rings is 1. The SMILES string of the molecule is CC(C)n1c(SCC(=O)N(C2CCCCC2)C2CCS(=O)(=O)C2)nc2ccccc2c1=O. The number of hydrogen-bond donors (Lipinski definition) is 0. The molecule has 0 bridgehead atoms. The van der Waals surface area contributed by atoms with Crippen molar-refractivity contribution in [3.63, 3.8) is 0 Å². The summed E-state index contributed by atoms with van der Waals surface area (Å²) in [6.45, 7) is 3.86. The lowest BCUT2D eigenvalue weighted by Crippen LogP contribution is -2.49. The van der Waals surface area contributed by atoms with Crippen molar-refractivity contribution in [2.75, 3.05) is 17.3 Å². The van der Waals surface area contributed by atoms with E-state index in [0.717, 1.165) is 32.1 Å². The summed E-state index contributed by atoms with van der Waals surface area (Å²) in [5.41, 5.74) is 0.516. The molecule has 2 heterocycles. The van der Waals surface area contributed by atoms with Crippen LogP contribution in [-0.2, 0) is 14.6 Å². The molecule has 1 aromatic carbocycles. The minimum atomic E-state index is -3.09. The van der Waals surface area contributed by atoms with Gasteiger partial charge in [-0.25, -0.2) is 13.4 Å². The first-order valence-electron chi connectivity index (χ1n) is 11.4. The van der Waals surface area contributed by atoms with Crippen molar-refractivity contribution in [2.45, 2.75) is 75.7 Å². The first kappa shape index (κ1) is 23.3. The molecule has 2 aromatic rings. The molecule has 0 radical (unpaired) electrons. The average molecular weight is 478 g/mol. The minimum absolute atomic E-state index is 0.0540. The van der Waals surface area contributed by atoms with Crippen LogP contribution < -0.4 is 5.56 Å². The molecule has 1 unspecified atom stereocenters. The van der Waals surface area contributed by atoms with Crippen LogP contribution in [0.25, 0.3) is 10.9 Å². The molecule has 0 spiro atoms. The smallest absolute Gasteiger partial charge is 0.262 e. The Balaban J connectivity index is 1.60. The zero-order valence-electron chi connectivity index (χ0n) is 18.7. The van der Waals surface area contributed by atoms with Crippen LogP contribution in [0.4, 0.5) is 0 Å². The van der Waals surface area contributed by atoms with Gasteiger partial charge in [0.2, 0.25) is 5.91 Å². The Bertz CT molecular complexity index is 1150. The number of carbonyl (C=O) groups excluding carboxylic acids is 1. The van der Waals surface area contributed by atoms with Gasteiger partial charge in [-0.05, 0) is 45.2 Å². The third-order valence-corrected chi connectivity index (χ3v) is 9.16. The molecule has 9 heteroatoms. The summed E-state index contributed by atoms with van der Waals surface area (Å²) in [6, 6.07) is 7.02. The summed E-state index contributed by atoms with van der Waals surface area (Å²) in [5, 5.41) is 1.09. The Labute approximate surface area is 193 Å². The number of rotatable bonds is 6. The van der Waals surface area contributed by atoms with E-state index in [0.29, 0.717) is 22.5 Å². The van der Waals surface area contributed by atoms with Crippen LogP contribution in [0.15, 0.2) is 34.2 Å². The molecule has 174 valence electrons. The maximum absolute atomic E-state index is 13.4. The van der Waals surface area contributed by atoms with E-state index in [1.807, 2.05) is 36.9 Å². The zero-order valence-corrected chi connectivity index (χ0v) is 20.3. The van der Waals surface area contributed by atoms with E-state index in [2.05, 4.69) is 4.98 Å².